The van der Waals surface area contributed by atoms with Gasteiger partial charge in [-0.3, -0.25) is 9.59 Å². The van der Waals surface area contributed by atoms with Crippen LogP contribution in [-0.2, 0) is 6.54 Å². The molecule has 0 unspecified atom stereocenters. The minimum atomic E-state index is -0.671. The Morgan fingerprint density at radius 1 is 1.18 bits per heavy atom. The Morgan fingerprint density at radius 3 is 2.55 bits per heavy atom. The van der Waals surface area contributed by atoms with Gasteiger partial charge in [0.2, 0.25) is 0 Å². The summed E-state index contributed by atoms with van der Waals surface area (Å²) in [5.41, 5.74) is 15.0. The number of nitrogens with one attached hydrogen (secondary N) is 1. The number of anilines is 1. The Bertz CT molecular complexity index is 1290. The SMILES string of the molecule is COc1ccccc1C(=O)NCc1ccc(-c2nn(C3=CCC(Cl)=C3)c(N)c2C(N)=O)cc1. The number of primary amides is 1. The Labute approximate surface area is 195 Å². The quantitative estimate of drug-likeness (QED) is 0.494. The van der Waals surface area contributed by atoms with Crippen LogP contribution in [0.4, 0.5) is 5.82 Å². The molecule has 2 aromatic carbocycles. The van der Waals surface area contributed by atoms with Gasteiger partial charge in [-0.2, -0.15) is 5.10 Å². The van der Waals surface area contributed by atoms with Crippen molar-refractivity contribution in [2.75, 3.05) is 12.8 Å². The Balaban J connectivity index is 1.55. The standard InChI is InChI=1S/C24H22ClN5O3/c1-33-19-5-3-2-4-18(19)24(32)28-13-14-6-8-15(9-7-14)21-20(23(27)31)22(26)30(29-21)17-11-10-16(25)12-17/h2-9,11-12H,10,13,26H2,1H3,(H2,27,31)(H,28,32). The van der Waals surface area contributed by atoms with E-state index in [-0.39, 0.29) is 17.3 Å². The molecule has 0 atom stereocenters. The minimum absolute atomic E-state index is 0.143. The molecule has 0 fully saturated rings. The summed E-state index contributed by atoms with van der Waals surface area (Å²) < 4.78 is 6.70. The molecule has 168 valence electrons. The van der Waals surface area contributed by atoms with Crippen LogP contribution < -0.4 is 21.5 Å². The number of halogens is 1. The molecule has 8 nitrogen and oxygen atoms in total. The largest absolute Gasteiger partial charge is 0.496 e. The molecule has 33 heavy (non-hydrogen) atoms. The first-order valence-corrected chi connectivity index (χ1v) is 10.5. The third kappa shape index (κ3) is 4.47. The van der Waals surface area contributed by atoms with Gasteiger partial charge in [0.25, 0.3) is 11.8 Å². The van der Waals surface area contributed by atoms with Crippen LogP contribution in [0.3, 0.4) is 0 Å². The monoisotopic (exact) mass is 463 g/mol. The Kier molecular flexibility index (Phi) is 6.19. The molecule has 2 amide bonds. The highest BCUT2D eigenvalue weighted by Crippen LogP contribution is 2.32. The van der Waals surface area contributed by atoms with Crippen LogP contribution in [0.15, 0.2) is 65.7 Å². The molecule has 0 spiro atoms. The number of benzene rings is 2. The first-order chi connectivity index (χ1) is 15.9. The van der Waals surface area contributed by atoms with Crippen LogP contribution in [0.2, 0.25) is 0 Å². The number of nitrogen functional groups attached to an aromatic ring is 1. The van der Waals surface area contributed by atoms with Crippen LogP contribution >= 0.6 is 11.6 Å². The summed E-state index contributed by atoms with van der Waals surface area (Å²) in [5.74, 6) is -0.253. The van der Waals surface area contributed by atoms with Crippen molar-refractivity contribution in [1.82, 2.24) is 15.1 Å². The van der Waals surface area contributed by atoms with Crippen LogP contribution in [0.5, 0.6) is 5.75 Å². The summed E-state index contributed by atoms with van der Waals surface area (Å²) in [4.78, 5) is 24.6. The molecule has 1 aromatic heterocycles. The van der Waals surface area contributed by atoms with Gasteiger partial charge in [-0.1, -0.05) is 54.1 Å². The van der Waals surface area contributed by atoms with Crippen molar-refractivity contribution in [3.63, 3.8) is 0 Å². The van der Waals surface area contributed by atoms with Gasteiger partial charge >= 0.3 is 0 Å². The Hall–Kier alpha value is -4.04. The number of hydrogen-bond donors (Lipinski definition) is 3. The third-order valence-corrected chi connectivity index (χ3v) is 5.52. The molecule has 0 bridgehead atoms. The molecule has 9 heteroatoms. The van der Waals surface area contributed by atoms with E-state index in [1.165, 1.54) is 11.8 Å². The molecule has 0 saturated heterocycles. The van der Waals surface area contributed by atoms with E-state index in [1.54, 1.807) is 42.5 Å². The van der Waals surface area contributed by atoms with Crippen molar-refractivity contribution in [1.29, 1.82) is 0 Å². The Morgan fingerprint density at radius 2 is 1.91 bits per heavy atom. The maximum absolute atomic E-state index is 12.5. The molecular weight excluding hydrogens is 442 g/mol. The lowest BCUT2D eigenvalue weighted by Gasteiger charge is -2.09. The van der Waals surface area contributed by atoms with Crippen LogP contribution in [0, 0.1) is 0 Å². The lowest BCUT2D eigenvalue weighted by atomic mass is 10.0. The van der Waals surface area contributed by atoms with Crippen molar-refractivity contribution in [3.05, 3.63) is 82.4 Å². The van der Waals surface area contributed by atoms with E-state index >= 15 is 0 Å². The number of ether oxygens (including phenoxy) is 1. The summed E-state index contributed by atoms with van der Waals surface area (Å²) in [7, 11) is 1.52. The number of carbonyl (C=O) groups excluding carboxylic acids is 2. The van der Waals surface area contributed by atoms with Crippen molar-refractivity contribution in [3.8, 4) is 17.0 Å². The number of nitrogens with zero attached hydrogens (tertiary/aromatic N) is 2. The number of aromatic nitrogens is 2. The molecule has 1 aliphatic rings. The molecular formula is C24H22ClN5O3. The number of carbonyl (C=O) groups is 2. The van der Waals surface area contributed by atoms with E-state index in [0.717, 1.165) is 5.56 Å². The second kappa shape index (κ2) is 9.22. The van der Waals surface area contributed by atoms with Crippen molar-refractivity contribution >= 4 is 34.9 Å². The zero-order chi connectivity index (χ0) is 23.5. The van der Waals surface area contributed by atoms with E-state index in [2.05, 4.69) is 10.4 Å². The van der Waals surface area contributed by atoms with E-state index in [9.17, 15) is 9.59 Å². The lowest BCUT2D eigenvalue weighted by Crippen LogP contribution is -2.23. The van der Waals surface area contributed by atoms with E-state index < -0.39 is 5.91 Å². The second-order valence-corrected chi connectivity index (χ2v) is 7.87. The maximum atomic E-state index is 12.5. The lowest BCUT2D eigenvalue weighted by molar-refractivity contribution is 0.0946. The normalized spacial score (nSPS) is 12.8. The molecule has 5 N–H and O–H groups in total. The van der Waals surface area contributed by atoms with Crippen molar-refractivity contribution in [2.45, 2.75) is 13.0 Å². The number of para-hydroxylation sites is 1. The van der Waals surface area contributed by atoms with Gasteiger partial charge in [-0.25, -0.2) is 4.68 Å². The van der Waals surface area contributed by atoms with Crippen LogP contribution in [0.1, 0.15) is 32.7 Å². The smallest absolute Gasteiger partial charge is 0.255 e. The average Bonchev–Trinajstić information content (AvgIpc) is 3.40. The first kappa shape index (κ1) is 22.2. The van der Waals surface area contributed by atoms with Crippen LogP contribution in [0.25, 0.3) is 17.0 Å². The molecule has 3 aromatic rings. The van der Waals surface area contributed by atoms with Gasteiger partial charge in [-0.15, -0.1) is 0 Å². The molecule has 0 saturated carbocycles. The van der Waals surface area contributed by atoms with Crippen molar-refractivity contribution < 1.29 is 14.3 Å². The van der Waals surface area contributed by atoms with E-state index in [0.29, 0.717) is 46.3 Å². The average molecular weight is 464 g/mol. The number of hydrogen-bond acceptors (Lipinski definition) is 5. The number of allylic oxidation sites excluding steroid dienone is 4. The summed E-state index contributed by atoms with van der Waals surface area (Å²) >= 11 is 6.06. The zero-order valence-corrected chi connectivity index (χ0v) is 18.6. The molecule has 0 radical (unpaired) electrons. The summed E-state index contributed by atoms with van der Waals surface area (Å²) in [6, 6.07) is 14.3. The predicted molar refractivity (Wildman–Crippen MR) is 128 cm³/mol. The highest BCUT2D eigenvalue weighted by molar-refractivity contribution is 6.30. The van der Waals surface area contributed by atoms with Gasteiger partial charge in [0.05, 0.1) is 18.4 Å². The van der Waals surface area contributed by atoms with Gasteiger partial charge in [-0.05, 0) is 23.8 Å². The van der Waals surface area contributed by atoms with Crippen LogP contribution in [-0.4, -0.2) is 28.7 Å². The van der Waals surface area contributed by atoms with Gasteiger partial charge in [0.1, 0.15) is 22.8 Å². The fourth-order valence-corrected chi connectivity index (χ4v) is 3.78. The number of nitrogens with two attached hydrogens (primary N) is 2. The zero-order valence-electron chi connectivity index (χ0n) is 17.8. The minimum Gasteiger partial charge on any atom is -0.496 e. The number of methoxy groups -OCH3 is 1. The summed E-state index contributed by atoms with van der Waals surface area (Å²) in [6.07, 6.45) is 4.19. The summed E-state index contributed by atoms with van der Waals surface area (Å²) in [6.45, 7) is 0.312. The number of amides is 2. The van der Waals surface area contributed by atoms with Gasteiger partial charge < -0.3 is 21.5 Å². The molecule has 1 aliphatic carbocycles. The summed E-state index contributed by atoms with van der Waals surface area (Å²) in [5, 5.41) is 8.04. The topological polar surface area (TPSA) is 125 Å². The van der Waals surface area contributed by atoms with Gasteiger partial charge in [0.15, 0.2) is 0 Å². The molecule has 0 aliphatic heterocycles. The highest BCUT2D eigenvalue weighted by atomic mass is 35.5. The van der Waals surface area contributed by atoms with Crippen molar-refractivity contribution in [2.24, 2.45) is 5.73 Å². The van der Waals surface area contributed by atoms with E-state index in [4.69, 9.17) is 27.8 Å². The third-order valence-electron chi connectivity index (χ3n) is 5.25. The second-order valence-electron chi connectivity index (χ2n) is 7.39. The first-order valence-electron chi connectivity index (χ1n) is 10.1. The molecule has 4 rings (SSSR count). The fourth-order valence-electron chi connectivity index (χ4n) is 3.59. The molecule has 1 heterocycles. The van der Waals surface area contributed by atoms with E-state index in [1.807, 2.05) is 18.2 Å². The number of rotatable bonds is 7. The fraction of sp³-hybridized carbons (Fsp3) is 0.125. The maximum Gasteiger partial charge on any atom is 0.255 e. The predicted octanol–water partition coefficient (Wildman–Crippen LogP) is 3.54. The van der Waals surface area contributed by atoms with Gasteiger partial charge in [0, 0.05) is 23.6 Å². The highest BCUT2D eigenvalue weighted by Gasteiger charge is 2.23.